The molecule has 0 bridgehead atoms. The van der Waals surface area contributed by atoms with E-state index in [2.05, 4.69) is 20.0 Å². The minimum absolute atomic E-state index is 0.00690. The molecule has 4 heterocycles. The van der Waals surface area contributed by atoms with Gasteiger partial charge >= 0.3 is 0 Å². The number of ether oxygens (including phenoxy) is 1. The van der Waals surface area contributed by atoms with Gasteiger partial charge in [-0.15, -0.1) is 11.6 Å². The standard InChI is InChI=1S/C30H43ClFN5O4/c31-19-5-6-23-24(15-19)41-28-25-20(16-22(32)26(28)35-11-13-36(14-12-35)30(40)18-3-4-18)27(38)21(17-37(23)25)29(39)33-7-10-34-8-1-2-9-34/h17-20,22-26,28H,1-16H2,(H,33,39). The summed E-state index contributed by atoms with van der Waals surface area (Å²) in [5.74, 6) is -0.823. The van der Waals surface area contributed by atoms with Crippen LogP contribution >= 0.6 is 11.6 Å². The summed E-state index contributed by atoms with van der Waals surface area (Å²) in [5.41, 5.74) is 0.151. The highest BCUT2D eigenvalue weighted by atomic mass is 35.5. The van der Waals surface area contributed by atoms with Crippen molar-refractivity contribution in [2.75, 3.05) is 52.4 Å². The van der Waals surface area contributed by atoms with Crippen LogP contribution in [0.1, 0.15) is 51.4 Å². The molecule has 1 N–H and O–H groups in total. The molecule has 0 aromatic carbocycles. The summed E-state index contributed by atoms with van der Waals surface area (Å²) in [5, 5.41) is 2.97. The number of hydrogen-bond acceptors (Lipinski definition) is 7. The molecule has 8 atom stereocenters. The highest BCUT2D eigenvalue weighted by Gasteiger charge is 2.60. The third-order valence-corrected chi connectivity index (χ3v) is 11.1. The first-order valence-corrected chi connectivity index (χ1v) is 16.3. The maximum atomic E-state index is 16.2. The first-order valence-electron chi connectivity index (χ1n) is 15.9. The van der Waals surface area contributed by atoms with Gasteiger partial charge in [0.25, 0.3) is 5.91 Å². The quantitative estimate of drug-likeness (QED) is 0.371. The number of rotatable bonds is 6. The van der Waals surface area contributed by atoms with Crippen molar-refractivity contribution in [2.24, 2.45) is 11.8 Å². The summed E-state index contributed by atoms with van der Waals surface area (Å²) < 4.78 is 23.0. The minimum Gasteiger partial charge on any atom is -0.369 e. The highest BCUT2D eigenvalue weighted by molar-refractivity contribution is 6.21. The number of hydrogen-bond donors (Lipinski definition) is 1. The van der Waals surface area contributed by atoms with E-state index in [1.165, 1.54) is 12.8 Å². The number of alkyl halides is 2. The van der Waals surface area contributed by atoms with Gasteiger partial charge in [-0.05, 0) is 64.5 Å². The van der Waals surface area contributed by atoms with Crippen molar-refractivity contribution in [3.05, 3.63) is 11.8 Å². The zero-order valence-corrected chi connectivity index (χ0v) is 24.5. The van der Waals surface area contributed by atoms with Crippen LogP contribution in [0.15, 0.2) is 11.8 Å². The first-order chi connectivity index (χ1) is 19.9. The van der Waals surface area contributed by atoms with Gasteiger partial charge in [-0.2, -0.15) is 0 Å². The van der Waals surface area contributed by atoms with Crippen molar-refractivity contribution < 1.29 is 23.5 Å². The average molecular weight is 592 g/mol. The van der Waals surface area contributed by atoms with E-state index in [-0.39, 0.29) is 59.1 Å². The molecule has 7 rings (SSSR count). The van der Waals surface area contributed by atoms with Crippen molar-refractivity contribution in [3.63, 3.8) is 0 Å². The zero-order chi connectivity index (χ0) is 28.2. The molecule has 3 saturated carbocycles. The number of likely N-dealkylation sites (tertiary alicyclic amines) is 1. The molecular formula is C30H43ClFN5O4. The fraction of sp³-hybridized carbons (Fsp3) is 0.833. The number of fused-ring (bicyclic) bond motifs is 2. The van der Waals surface area contributed by atoms with Crippen LogP contribution in [-0.4, -0.2) is 131 Å². The van der Waals surface area contributed by atoms with Gasteiger partial charge in [0.2, 0.25) is 5.91 Å². The van der Waals surface area contributed by atoms with Gasteiger partial charge in [-0.25, -0.2) is 4.39 Å². The molecule has 41 heavy (non-hydrogen) atoms. The predicted molar refractivity (Wildman–Crippen MR) is 151 cm³/mol. The Labute approximate surface area is 246 Å². The lowest BCUT2D eigenvalue weighted by Crippen LogP contribution is -2.74. The van der Waals surface area contributed by atoms with Crippen LogP contribution in [0.2, 0.25) is 0 Å². The average Bonchev–Trinajstić information content (AvgIpc) is 3.69. The summed E-state index contributed by atoms with van der Waals surface area (Å²) in [6, 6.07) is -0.787. The van der Waals surface area contributed by atoms with Gasteiger partial charge in [0.15, 0.2) is 5.78 Å². The van der Waals surface area contributed by atoms with Crippen LogP contribution in [-0.2, 0) is 19.1 Å². The number of nitrogens with one attached hydrogen (secondary N) is 1. The fourth-order valence-electron chi connectivity index (χ4n) is 8.39. The molecule has 8 unspecified atom stereocenters. The Balaban J connectivity index is 1.11. The number of ketones is 1. The Morgan fingerprint density at radius 1 is 1.00 bits per heavy atom. The lowest BCUT2D eigenvalue weighted by molar-refractivity contribution is -0.212. The number of Topliss-reactive ketones (excluding diaryl/α,β-unsaturated/α-hetero) is 1. The lowest BCUT2D eigenvalue weighted by Gasteiger charge is -2.61. The molecule has 9 nitrogen and oxygen atoms in total. The molecule has 0 aromatic heterocycles. The van der Waals surface area contributed by atoms with E-state index in [4.69, 9.17) is 16.3 Å². The van der Waals surface area contributed by atoms with Crippen LogP contribution in [0.25, 0.3) is 0 Å². The SMILES string of the molecule is O=C(NCCN1CCCC1)C1=CN2C3CCC(Cl)CC3OC3C(N4CCN(C(=O)C5CC5)CC4)C(F)CC(C1=O)C32. The molecule has 3 aliphatic carbocycles. The summed E-state index contributed by atoms with van der Waals surface area (Å²) in [4.78, 5) is 48.4. The van der Waals surface area contributed by atoms with E-state index in [1.807, 2.05) is 4.90 Å². The van der Waals surface area contributed by atoms with E-state index in [1.54, 1.807) is 6.20 Å². The molecular weight excluding hydrogens is 549 g/mol. The summed E-state index contributed by atoms with van der Waals surface area (Å²) in [7, 11) is 0. The Bertz CT molecular complexity index is 1080. The van der Waals surface area contributed by atoms with E-state index >= 15 is 4.39 Å². The van der Waals surface area contributed by atoms with E-state index < -0.39 is 24.2 Å². The number of nitrogens with zero attached hydrogens (tertiary/aromatic N) is 4. The highest BCUT2D eigenvalue weighted by Crippen LogP contribution is 2.47. The summed E-state index contributed by atoms with van der Waals surface area (Å²) in [6.45, 7) is 5.75. The smallest absolute Gasteiger partial charge is 0.256 e. The fourth-order valence-corrected chi connectivity index (χ4v) is 8.69. The zero-order valence-electron chi connectivity index (χ0n) is 23.8. The molecule has 4 aliphatic heterocycles. The van der Waals surface area contributed by atoms with E-state index in [9.17, 15) is 14.4 Å². The van der Waals surface area contributed by atoms with Crippen LogP contribution in [0, 0.1) is 11.8 Å². The first kappa shape index (κ1) is 28.0. The monoisotopic (exact) mass is 591 g/mol. The molecule has 11 heteroatoms. The summed E-state index contributed by atoms with van der Waals surface area (Å²) in [6.07, 6.45) is 6.57. The van der Waals surface area contributed by atoms with E-state index in [0.717, 1.165) is 45.3 Å². The van der Waals surface area contributed by atoms with Crippen molar-refractivity contribution in [2.45, 2.75) is 93.2 Å². The Morgan fingerprint density at radius 2 is 1.76 bits per heavy atom. The molecule has 7 aliphatic rings. The molecule has 6 fully saturated rings. The van der Waals surface area contributed by atoms with Gasteiger partial charge in [0, 0.05) is 62.7 Å². The van der Waals surface area contributed by atoms with Crippen LogP contribution in [0.4, 0.5) is 4.39 Å². The molecule has 0 radical (unpaired) electrons. The Kier molecular flexibility index (Phi) is 7.79. The normalized spacial score (nSPS) is 39.7. The summed E-state index contributed by atoms with van der Waals surface area (Å²) >= 11 is 6.59. The number of carbonyl (C=O) groups excluding carboxylic acids is 3. The molecule has 0 spiro atoms. The van der Waals surface area contributed by atoms with Gasteiger partial charge in [0.1, 0.15) is 6.17 Å². The largest absolute Gasteiger partial charge is 0.369 e. The van der Waals surface area contributed by atoms with Gasteiger partial charge in [0.05, 0.1) is 35.9 Å². The maximum Gasteiger partial charge on any atom is 0.256 e. The van der Waals surface area contributed by atoms with Crippen LogP contribution in [0.3, 0.4) is 0 Å². The second-order valence-corrected chi connectivity index (χ2v) is 13.9. The van der Waals surface area contributed by atoms with Gasteiger partial charge in [-0.3, -0.25) is 19.3 Å². The van der Waals surface area contributed by atoms with E-state index in [0.29, 0.717) is 39.1 Å². The topological polar surface area (TPSA) is 85.4 Å². The number of morpholine rings is 1. The number of carbonyl (C=O) groups is 3. The van der Waals surface area contributed by atoms with Crippen molar-refractivity contribution in [1.82, 2.24) is 24.9 Å². The number of halogens is 2. The maximum absolute atomic E-state index is 16.2. The predicted octanol–water partition coefficient (Wildman–Crippen LogP) is 1.54. The third-order valence-electron chi connectivity index (χ3n) is 10.7. The number of amides is 2. The number of piperazine rings is 1. The third kappa shape index (κ3) is 5.31. The molecule has 3 saturated heterocycles. The van der Waals surface area contributed by atoms with Crippen LogP contribution in [0.5, 0.6) is 0 Å². The molecule has 0 aromatic rings. The van der Waals surface area contributed by atoms with Gasteiger partial charge in [-0.1, -0.05) is 0 Å². The molecule has 226 valence electrons. The van der Waals surface area contributed by atoms with Crippen LogP contribution < -0.4 is 5.32 Å². The second kappa shape index (κ2) is 11.4. The second-order valence-electron chi connectivity index (χ2n) is 13.3. The Morgan fingerprint density at radius 3 is 2.49 bits per heavy atom. The van der Waals surface area contributed by atoms with Crippen molar-refractivity contribution >= 4 is 29.2 Å². The molecule has 2 amide bonds. The minimum atomic E-state index is -1.26. The van der Waals surface area contributed by atoms with Gasteiger partial charge < -0.3 is 24.8 Å². The van der Waals surface area contributed by atoms with Crippen molar-refractivity contribution in [1.29, 1.82) is 0 Å². The lowest BCUT2D eigenvalue weighted by atomic mass is 9.69. The van der Waals surface area contributed by atoms with Crippen molar-refractivity contribution in [3.8, 4) is 0 Å². The Hall–Kier alpha value is -1.75.